The molecule has 8 heteroatoms. The summed E-state index contributed by atoms with van der Waals surface area (Å²) in [5, 5.41) is 10.8. The number of amides is 1. The van der Waals surface area contributed by atoms with Crippen molar-refractivity contribution in [2.24, 2.45) is 0 Å². The van der Waals surface area contributed by atoms with Gasteiger partial charge in [0.15, 0.2) is 0 Å². The number of nitro benzene ring substituents is 1. The predicted molar refractivity (Wildman–Crippen MR) is 87.7 cm³/mol. The Morgan fingerprint density at radius 2 is 2.17 bits per heavy atom. The van der Waals surface area contributed by atoms with Crippen molar-refractivity contribution < 1.29 is 19.2 Å². The van der Waals surface area contributed by atoms with Gasteiger partial charge in [-0.05, 0) is 31.0 Å². The molecule has 0 saturated carbocycles. The summed E-state index contributed by atoms with van der Waals surface area (Å²) in [6, 6.07) is 5.93. The second kappa shape index (κ2) is 8.16. The monoisotopic (exact) mass is 340 g/mol. The first kappa shape index (κ1) is 17.6. The zero-order valence-corrected chi connectivity index (χ0v) is 13.8. The van der Waals surface area contributed by atoms with Crippen LogP contribution >= 0.6 is 12.6 Å². The number of rotatable bonds is 6. The van der Waals surface area contributed by atoms with Crippen LogP contribution in [0, 0.1) is 10.1 Å². The van der Waals surface area contributed by atoms with E-state index in [1.807, 2.05) is 6.92 Å². The molecule has 2 atom stereocenters. The minimum Gasteiger partial charge on any atom is -0.445 e. The highest BCUT2D eigenvalue weighted by Crippen LogP contribution is 2.19. The molecule has 0 bridgehead atoms. The highest BCUT2D eigenvalue weighted by molar-refractivity contribution is 7.81. The molecular formula is C15H20N2O5S. The maximum absolute atomic E-state index is 12.1. The fourth-order valence-electron chi connectivity index (χ4n) is 2.34. The molecule has 0 unspecified atom stereocenters. The first-order valence-electron chi connectivity index (χ1n) is 7.44. The van der Waals surface area contributed by atoms with Gasteiger partial charge < -0.3 is 14.4 Å². The van der Waals surface area contributed by atoms with Crippen molar-refractivity contribution in [2.75, 3.05) is 19.7 Å². The van der Waals surface area contributed by atoms with Gasteiger partial charge in [0.05, 0.1) is 24.2 Å². The SMILES string of the molecule is CCN(C[C@H]1C[C@H](S)CO1)C(=O)OCc1ccc([N+](=O)[O-])cc1. The van der Waals surface area contributed by atoms with Crippen LogP contribution in [0.3, 0.4) is 0 Å². The molecule has 0 aromatic heterocycles. The van der Waals surface area contributed by atoms with Gasteiger partial charge >= 0.3 is 6.09 Å². The minimum absolute atomic E-state index is 0.00922. The number of benzene rings is 1. The van der Waals surface area contributed by atoms with Crippen molar-refractivity contribution in [3.8, 4) is 0 Å². The molecule has 1 heterocycles. The van der Waals surface area contributed by atoms with Crippen LogP contribution in [-0.4, -0.2) is 47.0 Å². The number of carbonyl (C=O) groups is 1. The van der Waals surface area contributed by atoms with Crippen molar-refractivity contribution in [1.82, 2.24) is 4.90 Å². The molecule has 1 aromatic rings. The number of non-ortho nitro benzene ring substituents is 1. The fourth-order valence-corrected chi connectivity index (χ4v) is 2.66. The summed E-state index contributed by atoms with van der Waals surface area (Å²) in [5.41, 5.74) is 0.711. The molecule has 2 rings (SSSR count). The lowest BCUT2D eigenvalue weighted by molar-refractivity contribution is -0.384. The molecule has 1 saturated heterocycles. The third-order valence-electron chi connectivity index (χ3n) is 3.63. The molecule has 0 spiro atoms. The number of nitrogens with zero attached hydrogens (tertiary/aromatic N) is 2. The Labute approximate surface area is 140 Å². The molecule has 0 radical (unpaired) electrons. The maximum Gasteiger partial charge on any atom is 0.410 e. The maximum atomic E-state index is 12.1. The Morgan fingerprint density at radius 3 is 2.70 bits per heavy atom. The first-order chi connectivity index (χ1) is 11.0. The topological polar surface area (TPSA) is 81.9 Å². The number of carbonyl (C=O) groups excluding carboxylic acids is 1. The second-order valence-corrected chi connectivity index (χ2v) is 6.09. The van der Waals surface area contributed by atoms with Crippen LogP contribution in [-0.2, 0) is 16.1 Å². The number of hydrogen-bond donors (Lipinski definition) is 1. The minimum atomic E-state index is -0.467. The van der Waals surface area contributed by atoms with E-state index in [0.717, 1.165) is 6.42 Å². The van der Waals surface area contributed by atoms with Crippen LogP contribution in [0.1, 0.15) is 18.9 Å². The highest BCUT2D eigenvalue weighted by Gasteiger charge is 2.26. The zero-order chi connectivity index (χ0) is 16.8. The van der Waals surface area contributed by atoms with Crippen LogP contribution in [0.4, 0.5) is 10.5 Å². The third-order valence-corrected chi connectivity index (χ3v) is 3.99. The van der Waals surface area contributed by atoms with E-state index in [9.17, 15) is 14.9 Å². The lowest BCUT2D eigenvalue weighted by atomic mass is 10.2. The summed E-state index contributed by atoms with van der Waals surface area (Å²) in [7, 11) is 0. The number of likely N-dealkylation sites (N-methyl/N-ethyl adjacent to an activating group) is 1. The average molecular weight is 340 g/mol. The van der Waals surface area contributed by atoms with Gasteiger partial charge in [0.2, 0.25) is 0 Å². The van der Waals surface area contributed by atoms with Gasteiger partial charge in [0, 0.05) is 23.9 Å². The third kappa shape index (κ3) is 5.11. The van der Waals surface area contributed by atoms with E-state index in [1.54, 1.807) is 17.0 Å². The molecule has 1 fully saturated rings. The molecule has 0 aliphatic carbocycles. The molecule has 1 aromatic carbocycles. The summed E-state index contributed by atoms with van der Waals surface area (Å²) in [4.78, 5) is 23.8. The van der Waals surface area contributed by atoms with Gasteiger partial charge in [-0.3, -0.25) is 10.1 Å². The van der Waals surface area contributed by atoms with E-state index in [1.165, 1.54) is 12.1 Å². The standard InChI is InChI=1S/C15H20N2O5S/c1-2-16(8-13-7-14(23)10-21-13)15(18)22-9-11-3-5-12(6-4-11)17(19)20/h3-6,13-14,23H,2,7-10H2,1H3/t13-,14+/m1/s1. The smallest absolute Gasteiger partial charge is 0.410 e. The molecule has 1 aliphatic heterocycles. The molecule has 1 aliphatic rings. The van der Waals surface area contributed by atoms with Crippen LogP contribution in [0.15, 0.2) is 24.3 Å². The Balaban J connectivity index is 1.83. The van der Waals surface area contributed by atoms with Crippen molar-refractivity contribution in [3.05, 3.63) is 39.9 Å². The Morgan fingerprint density at radius 1 is 1.48 bits per heavy atom. The fraction of sp³-hybridized carbons (Fsp3) is 0.533. The van der Waals surface area contributed by atoms with Crippen molar-refractivity contribution in [1.29, 1.82) is 0 Å². The molecule has 7 nitrogen and oxygen atoms in total. The predicted octanol–water partition coefficient (Wildman–Crippen LogP) is 2.64. The van der Waals surface area contributed by atoms with E-state index in [2.05, 4.69) is 12.6 Å². The quantitative estimate of drug-likeness (QED) is 0.489. The Bertz CT molecular complexity index is 551. The Kier molecular flexibility index (Phi) is 6.23. The largest absolute Gasteiger partial charge is 0.445 e. The zero-order valence-electron chi connectivity index (χ0n) is 12.9. The molecule has 0 N–H and O–H groups in total. The number of nitro groups is 1. The first-order valence-corrected chi connectivity index (χ1v) is 7.96. The van der Waals surface area contributed by atoms with Crippen LogP contribution in [0.2, 0.25) is 0 Å². The summed E-state index contributed by atoms with van der Waals surface area (Å²) in [5.74, 6) is 0. The second-order valence-electron chi connectivity index (χ2n) is 5.36. The average Bonchev–Trinajstić information content (AvgIpc) is 2.95. The van der Waals surface area contributed by atoms with E-state index < -0.39 is 11.0 Å². The summed E-state index contributed by atoms with van der Waals surface area (Å²) in [6.45, 7) is 3.56. The van der Waals surface area contributed by atoms with Crippen LogP contribution in [0.5, 0.6) is 0 Å². The van der Waals surface area contributed by atoms with Crippen LogP contribution in [0.25, 0.3) is 0 Å². The summed E-state index contributed by atoms with van der Waals surface area (Å²) < 4.78 is 10.8. The van der Waals surface area contributed by atoms with Gasteiger partial charge in [-0.15, -0.1) is 0 Å². The number of thiol groups is 1. The lowest BCUT2D eigenvalue weighted by Gasteiger charge is -2.23. The van der Waals surface area contributed by atoms with Crippen molar-refractivity contribution >= 4 is 24.4 Å². The van der Waals surface area contributed by atoms with E-state index in [0.29, 0.717) is 25.3 Å². The molecule has 1 amide bonds. The van der Waals surface area contributed by atoms with Gasteiger partial charge in [-0.2, -0.15) is 12.6 Å². The van der Waals surface area contributed by atoms with Gasteiger partial charge in [0.1, 0.15) is 6.61 Å². The van der Waals surface area contributed by atoms with Crippen molar-refractivity contribution in [2.45, 2.75) is 31.3 Å². The van der Waals surface area contributed by atoms with Crippen LogP contribution < -0.4 is 0 Å². The summed E-state index contributed by atoms with van der Waals surface area (Å²) in [6.07, 6.45) is 0.386. The molecule has 23 heavy (non-hydrogen) atoms. The number of hydrogen-bond acceptors (Lipinski definition) is 6. The van der Waals surface area contributed by atoms with Gasteiger partial charge in [-0.1, -0.05) is 0 Å². The van der Waals surface area contributed by atoms with Gasteiger partial charge in [-0.25, -0.2) is 4.79 Å². The number of ether oxygens (including phenoxy) is 2. The van der Waals surface area contributed by atoms with Gasteiger partial charge in [0.25, 0.3) is 5.69 Å². The Hall–Kier alpha value is -1.80. The van der Waals surface area contributed by atoms with E-state index in [4.69, 9.17) is 9.47 Å². The summed E-state index contributed by atoms with van der Waals surface area (Å²) >= 11 is 4.36. The normalized spacial score (nSPS) is 20.3. The van der Waals surface area contributed by atoms with E-state index in [-0.39, 0.29) is 23.6 Å². The van der Waals surface area contributed by atoms with E-state index >= 15 is 0 Å². The molecular weight excluding hydrogens is 320 g/mol. The molecule has 126 valence electrons. The lowest BCUT2D eigenvalue weighted by Crippen LogP contribution is -2.37. The van der Waals surface area contributed by atoms with Crippen molar-refractivity contribution in [3.63, 3.8) is 0 Å². The highest BCUT2D eigenvalue weighted by atomic mass is 32.1.